The average Bonchev–Trinajstić information content (AvgIpc) is 3.69. The van der Waals surface area contributed by atoms with E-state index in [9.17, 15) is 4.79 Å². The predicted molar refractivity (Wildman–Crippen MR) is 143 cm³/mol. The van der Waals surface area contributed by atoms with Gasteiger partial charge in [-0.15, -0.1) is 21.5 Å². The fourth-order valence-electron chi connectivity index (χ4n) is 4.13. The molecule has 3 heterocycles. The Morgan fingerprint density at radius 3 is 2.68 bits per heavy atom. The van der Waals surface area contributed by atoms with Crippen molar-refractivity contribution < 1.29 is 13.6 Å². The van der Waals surface area contributed by atoms with E-state index < -0.39 is 5.54 Å². The molecule has 0 saturated heterocycles. The first kappa shape index (κ1) is 25.5. The molecule has 0 aliphatic heterocycles. The zero-order valence-electron chi connectivity index (χ0n) is 21.2. The van der Waals surface area contributed by atoms with Crippen LogP contribution in [0.4, 0.5) is 0 Å². The second-order valence-electron chi connectivity index (χ2n) is 9.40. The van der Waals surface area contributed by atoms with E-state index >= 15 is 0 Å². The van der Waals surface area contributed by atoms with E-state index in [1.165, 1.54) is 17.6 Å². The van der Waals surface area contributed by atoms with Crippen molar-refractivity contribution in [1.29, 1.82) is 0 Å². The quantitative estimate of drug-likeness (QED) is 0.268. The van der Waals surface area contributed by atoms with Crippen molar-refractivity contribution in [3.63, 3.8) is 0 Å². The van der Waals surface area contributed by atoms with Crippen LogP contribution in [0.2, 0.25) is 0 Å². The largest absolute Gasteiger partial charge is 0.445 e. The molecule has 9 nitrogen and oxygen atoms in total. The van der Waals surface area contributed by atoms with Gasteiger partial charge in [0.1, 0.15) is 11.3 Å². The number of oxazole rings is 1. The first-order chi connectivity index (χ1) is 18.4. The van der Waals surface area contributed by atoms with E-state index in [-0.39, 0.29) is 5.91 Å². The van der Waals surface area contributed by atoms with Gasteiger partial charge in [0.05, 0.1) is 18.3 Å². The summed E-state index contributed by atoms with van der Waals surface area (Å²) in [6.07, 6.45) is 4.72. The van der Waals surface area contributed by atoms with Gasteiger partial charge in [-0.1, -0.05) is 30.3 Å². The number of aromatic nitrogens is 4. The minimum absolute atomic E-state index is 0.201. The summed E-state index contributed by atoms with van der Waals surface area (Å²) in [7, 11) is 0. The summed E-state index contributed by atoms with van der Waals surface area (Å²) in [5.74, 6) is 1.11. The standard InChI is InChI=1S/C28H28N6O3S/c1-18-17-38-24(32-18)16-31-25(35)21-12-20(13-22(14-21)26-30-10-11-36-26)8-9-23-33-34-27(37-23)28(2,29)15-19-6-4-3-5-7-19/h3-7,10-14,17H,8-9,15-16,29H2,1-2H3,(H,31,35). The van der Waals surface area contributed by atoms with E-state index in [0.717, 1.165) is 21.8 Å². The van der Waals surface area contributed by atoms with Gasteiger partial charge in [0, 0.05) is 28.6 Å². The van der Waals surface area contributed by atoms with E-state index in [1.54, 1.807) is 12.3 Å². The van der Waals surface area contributed by atoms with Gasteiger partial charge in [-0.05, 0) is 56.0 Å². The van der Waals surface area contributed by atoms with Crippen LogP contribution in [0.5, 0.6) is 0 Å². The predicted octanol–water partition coefficient (Wildman–Crippen LogP) is 4.62. The zero-order valence-corrected chi connectivity index (χ0v) is 22.0. The van der Waals surface area contributed by atoms with Gasteiger partial charge in [0.15, 0.2) is 0 Å². The minimum atomic E-state index is -0.793. The number of carbonyl (C=O) groups excluding carboxylic acids is 1. The summed E-state index contributed by atoms with van der Waals surface area (Å²) >= 11 is 1.52. The molecule has 0 aliphatic carbocycles. The second-order valence-corrected chi connectivity index (χ2v) is 10.3. The number of hydrogen-bond acceptors (Lipinski definition) is 9. The number of hydrogen-bond donors (Lipinski definition) is 2. The number of benzene rings is 2. The maximum Gasteiger partial charge on any atom is 0.251 e. The summed E-state index contributed by atoms with van der Waals surface area (Å²) in [5.41, 5.74) is 9.90. The Balaban J connectivity index is 1.30. The summed E-state index contributed by atoms with van der Waals surface area (Å²) in [6, 6.07) is 15.5. The van der Waals surface area contributed by atoms with Crippen molar-refractivity contribution in [2.75, 3.05) is 0 Å². The van der Waals surface area contributed by atoms with Crippen LogP contribution in [0, 0.1) is 6.92 Å². The molecule has 0 aliphatic rings. The Hall–Kier alpha value is -4.15. The van der Waals surface area contributed by atoms with Gasteiger partial charge in [0.2, 0.25) is 17.7 Å². The van der Waals surface area contributed by atoms with Crippen LogP contribution < -0.4 is 11.1 Å². The van der Waals surface area contributed by atoms with Gasteiger partial charge in [-0.2, -0.15) is 0 Å². The van der Waals surface area contributed by atoms with E-state index in [0.29, 0.717) is 54.6 Å². The number of nitrogens with one attached hydrogen (secondary N) is 1. The highest BCUT2D eigenvalue weighted by Crippen LogP contribution is 2.24. The number of amides is 1. The van der Waals surface area contributed by atoms with E-state index in [4.69, 9.17) is 14.6 Å². The van der Waals surface area contributed by atoms with Gasteiger partial charge in [-0.3, -0.25) is 4.79 Å². The van der Waals surface area contributed by atoms with Crippen molar-refractivity contribution in [3.8, 4) is 11.5 Å². The molecule has 38 heavy (non-hydrogen) atoms. The minimum Gasteiger partial charge on any atom is -0.445 e. The van der Waals surface area contributed by atoms with Gasteiger partial charge in [0.25, 0.3) is 5.91 Å². The molecular formula is C28H28N6O3S. The number of nitrogens with zero attached hydrogens (tertiary/aromatic N) is 4. The van der Waals surface area contributed by atoms with Crippen LogP contribution in [0.1, 0.15) is 50.9 Å². The van der Waals surface area contributed by atoms with Crippen molar-refractivity contribution in [2.45, 2.75) is 45.2 Å². The Morgan fingerprint density at radius 1 is 1.11 bits per heavy atom. The van der Waals surface area contributed by atoms with Crippen molar-refractivity contribution in [1.82, 2.24) is 25.5 Å². The fourth-order valence-corrected chi connectivity index (χ4v) is 4.84. The Labute approximate surface area is 224 Å². The lowest BCUT2D eigenvalue weighted by Gasteiger charge is -2.20. The molecule has 1 atom stereocenters. The van der Waals surface area contributed by atoms with Crippen LogP contribution in [-0.2, 0) is 31.3 Å². The molecular weight excluding hydrogens is 500 g/mol. The smallest absolute Gasteiger partial charge is 0.251 e. The Kier molecular flexibility index (Phi) is 7.43. The number of carbonyl (C=O) groups is 1. The normalized spacial score (nSPS) is 12.8. The molecule has 2 aromatic carbocycles. The molecule has 3 aromatic heterocycles. The van der Waals surface area contributed by atoms with Crippen LogP contribution in [0.25, 0.3) is 11.5 Å². The molecule has 0 bridgehead atoms. The monoisotopic (exact) mass is 528 g/mol. The first-order valence-corrected chi connectivity index (χ1v) is 13.1. The van der Waals surface area contributed by atoms with Crippen LogP contribution in [0.3, 0.4) is 0 Å². The van der Waals surface area contributed by atoms with Crippen molar-refractivity contribution in [3.05, 3.63) is 106 Å². The number of nitrogens with two attached hydrogens (primary N) is 1. The van der Waals surface area contributed by atoms with Crippen LogP contribution in [-0.4, -0.2) is 26.1 Å². The maximum atomic E-state index is 13.0. The molecule has 5 rings (SSSR count). The highest BCUT2D eigenvalue weighted by Gasteiger charge is 2.28. The molecule has 0 saturated carbocycles. The zero-order chi connectivity index (χ0) is 26.5. The summed E-state index contributed by atoms with van der Waals surface area (Å²) < 4.78 is 11.4. The highest BCUT2D eigenvalue weighted by atomic mass is 32.1. The summed E-state index contributed by atoms with van der Waals surface area (Å²) in [4.78, 5) is 21.6. The lowest BCUT2D eigenvalue weighted by Crippen LogP contribution is -2.35. The fraction of sp³-hybridized carbons (Fsp3) is 0.250. The van der Waals surface area contributed by atoms with Gasteiger partial charge in [-0.25, -0.2) is 9.97 Å². The molecule has 194 valence electrons. The SMILES string of the molecule is Cc1csc(CNC(=O)c2cc(CCc3nnc(C(C)(N)Cc4ccccc4)o3)cc(-c3ncco3)c2)n1. The molecule has 10 heteroatoms. The van der Waals surface area contributed by atoms with Gasteiger partial charge >= 0.3 is 0 Å². The summed E-state index contributed by atoms with van der Waals surface area (Å²) in [5, 5.41) is 14.2. The molecule has 1 amide bonds. The first-order valence-electron chi connectivity index (χ1n) is 12.2. The van der Waals surface area contributed by atoms with E-state index in [2.05, 4.69) is 25.5 Å². The lowest BCUT2D eigenvalue weighted by molar-refractivity contribution is 0.0950. The molecule has 0 radical (unpaired) electrons. The Bertz CT molecular complexity index is 1510. The topological polar surface area (TPSA) is 133 Å². The Morgan fingerprint density at radius 2 is 1.95 bits per heavy atom. The average molecular weight is 529 g/mol. The maximum absolute atomic E-state index is 13.0. The molecule has 0 spiro atoms. The summed E-state index contributed by atoms with van der Waals surface area (Å²) in [6.45, 7) is 4.17. The number of thiazole rings is 1. The third-order valence-electron chi connectivity index (χ3n) is 6.00. The molecule has 0 fully saturated rings. The number of rotatable bonds is 10. The number of aryl methyl sites for hydroxylation is 3. The third-order valence-corrected chi connectivity index (χ3v) is 6.96. The highest BCUT2D eigenvalue weighted by molar-refractivity contribution is 7.09. The third kappa shape index (κ3) is 6.21. The lowest BCUT2D eigenvalue weighted by atomic mass is 9.94. The molecule has 3 N–H and O–H groups in total. The van der Waals surface area contributed by atoms with Crippen LogP contribution in [0.15, 0.2) is 75.2 Å². The van der Waals surface area contributed by atoms with E-state index in [1.807, 2.05) is 61.7 Å². The van der Waals surface area contributed by atoms with Crippen LogP contribution >= 0.6 is 11.3 Å². The molecule has 5 aromatic rings. The van der Waals surface area contributed by atoms with Crippen molar-refractivity contribution in [2.24, 2.45) is 5.73 Å². The van der Waals surface area contributed by atoms with Crippen molar-refractivity contribution >= 4 is 17.2 Å². The molecule has 1 unspecified atom stereocenters. The van der Waals surface area contributed by atoms with Gasteiger partial charge < -0.3 is 19.9 Å². The second kappa shape index (κ2) is 11.1.